The van der Waals surface area contributed by atoms with Crippen LogP contribution in [0.4, 0.5) is 5.69 Å². The molecule has 1 N–H and O–H groups in total. The molecule has 1 unspecified atom stereocenters. The SMILES string of the molecule is CN(C(=O)CC1Sc2ccccc2NC1=O)C1CCN(CCc2ccccn2)CC1. The molecule has 4 rings (SSSR count). The summed E-state index contributed by atoms with van der Waals surface area (Å²) in [6.45, 7) is 2.97. The largest absolute Gasteiger partial charge is 0.343 e. The first-order chi connectivity index (χ1) is 14.6. The van der Waals surface area contributed by atoms with Gasteiger partial charge in [-0.15, -0.1) is 11.8 Å². The molecule has 0 spiro atoms. The van der Waals surface area contributed by atoms with Crippen LogP contribution in [0, 0.1) is 0 Å². The third-order valence-electron chi connectivity index (χ3n) is 5.98. The molecule has 0 aliphatic carbocycles. The summed E-state index contributed by atoms with van der Waals surface area (Å²) in [5.41, 5.74) is 1.96. The normalized spacial score (nSPS) is 19.8. The molecule has 2 aliphatic rings. The van der Waals surface area contributed by atoms with Gasteiger partial charge in [-0.05, 0) is 37.1 Å². The molecule has 158 valence electrons. The number of hydrogen-bond donors (Lipinski definition) is 1. The molecule has 1 aromatic carbocycles. The van der Waals surface area contributed by atoms with Gasteiger partial charge in [0.25, 0.3) is 0 Å². The van der Waals surface area contributed by atoms with Crippen LogP contribution in [0.1, 0.15) is 25.0 Å². The van der Waals surface area contributed by atoms with Gasteiger partial charge in [-0.3, -0.25) is 14.6 Å². The number of nitrogens with one attached hydrogen (secondary N) is 1. The number of hydrogen-bond acceptors (Lipinski definition) is 5. The first-order valence-electron chi connectivity index (χ1n) is 10.5. The standard InChI is InChI=1S/C23H28N4O2S/c1-26(18-10-14-27(15-11-18)13-9-17-6-4-5-12-24-17)22(28)16-21-23(29)25-19-7-2-3-8-20(19)30-21/h2-8,12,18,21H,9-11,13-16H2,1H3,(H,25,29). The van der Waals surface area contributed by atoms with Gasteiger partial charge in [0.05, 0.1) is 10.9 Å². The van der Waals surface area contributed by atoms with Crippen LogP contribution in [0.5, 0.6) is 0 Å². The Morgan fingerprint density at radius 2 is 1.97 bits per heavy atom. The average Bonchev–Trinajstić information content (AvgIpc) is 2.78. The van der Waals surface area contributed by atoms with E-state index in [4.69, 9.17) is 0 Å². The molecule has 2 aromatic rings. The van der Waals surface area contributed by atoms with Gasteiger partial charge in [-0.2, -0.15) is 0 Å². The van der Waals surface area contributed by atoms with Crippen LogP contribution >= 0.6 is 11.8 Å². The highest BCUT2D eigenvalue weighted by Crippen LogP contribution is 2.37. The van der Waals surface area contributed by atoms with Gasteiger partial charge in [0, 0.05) is 62.4 Å². The van der Waals surface area contributed by atoms with E-state index >= 15 is 0 Å². The lowest BCUT2D eigenvalue weighted by molar-refractivity contribution is -0.134. The summed E-state index contributed by atoms with van der Waals surface area (Å²) in [7, 11) is 1.88. The van der Waals surface area contributed by atoms with Gasteiger partial charge in [-0.1, -0.05) is 18.2 Å². The second-order valence-electron chi connectivity index (χ2n) is 7.94. The van der Waals surface area contributed by atoms with Crippen LogP contribution in [0.25, 0.3) is 0 Å². The van der Waals surface area contributed by atoms with Crippen LogP contribution in [0.3, 0.4) is 0 Å². The number of nitrogens with zero attached hydrogens (tertiary/aromatic N) is 3. The second-order valence-corrected chi connectivity index (χ2v) is 9.19. The van der Waals surface area contributed by atoms with Gasteiger partial charge in [-0.25, -0.2) is 0 Å². The second kappa shape index (κ2) is 9.62. The minimum absolute atomic E-state index is 0.0500. The predicted molar refractivity (Wildman–Crippen MR) is 120 cm³/mol. The minimum Gasteiger partial charge on any atom is -0.343 e. The molecule has 0 radical (unpaired) electrons. The van der Waals surface area contributed by atoms with Crippen molar-refractivity contribution in [1.82, 2.24) is 14.8 Å². The molecular weight excluding hydrogens is 396 g/mol. The lowest BCUT2D eigenvalue weighted by atomic mass is 10.0. The van der Waals surface area contributed by atoms with Crippen molar-refractivity contribution in [3.8, 4) is 0 Å². The van der Waals surface area contributed by atoms with Crippen molar-refractivity contribution in [2.75, 3.05) is 32.0 Å². The topological polar surface area (TPSA) is 65.5 Å². The fourth-order valence-corrected chi connectivity index (χ4v) is 5.18. The molecule has 1 saturated heterocycles. The molecule has 1 aromatic heterocycles. The van der Waals surface area contributed by atoms with Gasteiger partial charge in [0.2, 0.25) is 11.8 Å². The summed E-state index contributed by atoms with van der Waals surface area (Å²) in [5, 5.41) is 2.56. The van der Waals surface area contributed by atoms with E-state index in [1.165, 1.54) is 11.8 Å². The summed E-state index contributed by atoms with van der Waals surface area (Å²) in [5.74, 6) is -0.0289. The number of carbonyl (C=O) groups excluding carboxylic acids is 2. The molecule has 7 heteroatoms. The fourth-order valence-electron chi connectivity index (χ4n) is 4.08. The summed E-state index contributed by atoms with van der Waals surface area (Å²) in [4.78, 5) is 35.0. The number of fused-ring (bicyclic) bond motifs is 1. The number of rotatable bonds is 6. The first kappa shape index (κ1) is 20.9. The Morgan fingerprint density at radius 3 is 2.73 bits per heavy atom. The van der Waals surface area contributed by atoms with E-state index in [9.17, 15) is 9.59 Å². The Labute approximate surface area is 182 Å². The Hall–Kier alpha value is -2.38. The zero-order valence-electron chi connectivity index (χ0n) is 17.3. The summed E-state index contributed by atoms with van der Waals surface area (Å²) < 4.78 is 0. The number of para-hydroxylation sites is 1. The molecule has 0 bridgehead atoms. The van der Waals surface area contributed by atoms with Gasteiger partial charge >= 0.3 is 0 Å². The number of amides is 2. The average molecular weight is 425 g/mol. The van der Waals surface area contributed by atoms with Crippen molar-refractivity contribution in [3.05, 3.63) is 54.4 Å². The quantitative estimate of drug-likeness (QED) is 0.772. The number of benzene rings is 1. The van der Waals surface area contributed by atoms with Crippen molar-refractivity contribution in [2.45, 2.75) is 41.9 Å². The van der Waals surface area contributed by atoms with Crippen LogP contribution in [-0.2, 0) is 16.0 Å². The molecule has 2 aliphatic heterocycles. The zero-order valence-corrected chi connectivity index (χ0v) is 18.1. The van der Waals surface area contributed by atoms with Crippen molar-refractivity contribution in [1.29, 1.82) is 0 Å². The van der Waals surface area contributed by atoms with E-state index < -0.39 is 0 Å². The third-order valence-corrected chi connectivity index (χ3v) is 7.25. The monoisotopic (exact) mass is 424 g/mol. The first-order valence-corrected chi connectivity index (χ1v) is 11.4. The van der Waals surface area contributed by atoms with Crippen molar-refractivity contribution >= 4 is 29.3 Å². The smallest absolute Gasteiger partial charge is 0.238 e. The molecule has 6 nitrogen and oxygen atoms in total. The van der Waals surface area contributed by atoms with Gasteiger partial charge in [0.15, 0.2) is 0 Å². The van der Waals surface area contributed by atoms with E-state index in [0.717, 1.165) is 55.2 Å². The Balaban J connectivity index is 1.24. The zero-order chi connectivity index (χ0) is 20.9. The Bertz CT molecular complexity index is 884. The maximum atomic E-state index is 12.9. The van der Waals surface area contributed by atoms with Crippen molar-refractivity contribution < 1.29 is 9.59 Å². The maximum Gasteiger partial charge on any atom is 0.238 e. The molecule has 1 atom stereocenters. The third kappa shape index (κ3) is 5.02. The highest BCUT2D eigenvalue weighted by molar-refractivity contribution is 8.01. The lowest BCUT2D eigenvalue weighted by Gasteiger charge is -2.37. The fraction of sp³-hybridized carbons (Fsp3) is 0.435. The maximum absolute atomic E-state index is 12.9. The van der Waals surface area contributed by atoms with E-state index in [1.807, 2.05) is 54.5 Å². The van der Waals surface area contributed by atoms with Crippen LogP contribution in [0.2, 0.25) is 0 Å². The minimum atomic E-state index is -0.367. The summed E-state index contributed by atoms with van der Waals surface area (Å²) in [6, 6.07) is 14.0. The molecule has 0 saturated carbocycles. The Kier molecular flexibility index (Phi) is 6.69. The van der Waals surface area contributed by atoms with E-state index in [2.05, 4.69) is 21.3 Å². The van der Waals surface area contributed by atoms with Crippen LogP contribution in [0.15, 0.2) is 53.6 Å². The number of piperidine rings is 1. The number of likely N-dealkylation sites (tertiary alicyclic amines) is 1. The number of aromatic nitrogens is 1. The lowest BCUT2D eigenvalue weighted by Crippen LogP contribution is -2.47. The van der Waals surface area contributed by atoms with Gasteiger partial charge in [0.1, 0.15) is 0 Å². The molecule has 2 amide bonds. The van der Waals surface area contributed by atoms with Crippen molar-refractivity contribution in [2.24, 2.45) is 0 Å². The van der Waals surface area contributed by atoms with E-state index in [1.54, 1.807) is 0 Å². The number of thioether (sulfide) groups is 1. The van der Waals surface area contributed by atoms with Gasteiger partial charge < -0.3 is 15.1 Å². The summed E-state index contributed by atoms with van der Waals surface area (Å²) in [6.07, 6.45) is 4.97. The van der Waals surface area contributed by atoms with E-state index in [-0.39, 0.29) is 29.5 Å². The molecule has 30 heavy (non-hydrogen) atoms. The van der Waals surface area contributed by atoms with Crippen LogP contribution < -0.4 is 5.32 Å². The van der Waals surface area contributed by atoms with E-state index in [0.29, 0.717) is 0 Å². The van der Waals surface area contributed by atoms with Crippen LogP contribution in [-0.4, -0.2) is 64.6 Å². The highest BCUT2D eigenvalue weighted by Gasteiger charge is 2.32. The number of pyridine rings is 1. The number of carbonyl (C=O) groups is 2. The molecule has 1 fully saturated rings. The Morgan fingerprint density at radius 1 is 1.20 bits per heavy atom. The summed E-state index contributed by atoms with van der Waals surface area (Å²) >= 11 is 1.49. The highest BCUT2D eigenvalue weighted by atomic mass is 32.2. The number of anilines is 1. The van der Waals surface area contributed by atoms with Crippen molar-refractivity contribution in [3.63, 3.8) is 0 Å². The predicted octanol–water partition coefficient (Wildman–Crippen LogP) is 3.05. The molecule has 3 heterocycles. The molecular formula is C23H28N4O2S.